The van der Waals surface area contributed by atoms with Crippen LogP contribution in [0.3, 0.4) is 0 Å². The maximum absolute atomic E-state index is 9.51. The van der Waals surface area contributed by atoms with E-state index in [0.29, 0.717) is 0 Å². The van der Waals surface area contributed by atoms with Crippen molar-refractivity contribution in [2.75, 3.05) is 0 Å². The number of hydrazone groups is 1. The van der Waals surface area contributed by atoms with Crippen molar-refractivity contribution in [2.24, 2.45) is 15.5 Å². The predicted octanol–water partition coefficient (Wildman–Crippen LogP) is 1.49. The third-order valence-corrected chi connectivity index (χ3v) is 3.48. The quantitative estimate of drug-likeness (QED) is 0.649. The summed E-state index contributed by atoms with van der Waals surface area (Å²) in [6, 6.07) is 2.41. The predicted molar refractivity (Wildman–Crippen MR) is 59.9 cm³/mol. The number of rotatable bonds is 0. The number of fused-ring (bicyclic) bond motifs is 1. The molecule has 0 saturated heterocycles. The number of nitriles is 1. The topological polar surface area (TPSA) is 60.5 Å². The first kappa shape index (κ1) is 10.2. The molecule has 2 rings (SSSR count). The van der Waals surface area contributed by atoms with Gasteiger partial charge in [-0.15, -0.1) is 0 Å². The van der Waals surface area contributed by atoms with Crippen molar-refractivity contribution in [3.63, 3.8) is 0 Å². The maximum Gasteiger partial charge on any atom is 0.160 e. The van der Waals surface area contributed by atoms with Crippen molar-refractivity contribution in [3.8, 4) is 6.07 Å². The van der Waals surface area contributed by atoms with Crippen LogP contribution in [0.25, 0.3) is 0 Å². The Labute approximate surface area is 90.1 Å². The van der Waals surface area contributed by atoms with Gasteiger partial charge in [0.25, 0.3) is 0 Å². The minimum absolute atomic E-state index is 0.361. The van der Waals surface area contributed by atoms with E-state index in [1.54, 1.807) is 0 Å². The zero-order valence-electron chi connectivity index (χ0n) is 9.84. The molecule has 0 radical (unpaired) electrons. The van der Waals surface area contributed by atoms with Crippen LogP contribution in [0.5, 0.6) is 0 Å². The molecule has 2 aliphatic heterocycles. The first-order valence-corrected chi connectivity index (χ1v) is 5.12. The Morgan fingerprint density at radius 3 is 2.33 bits per heavy atom. The van der Waals surface area contributed by atoms with Gasteiger partial charge < -0.3 is 5.43 Å². The molecule has 0 fully saturated rings. The summed E-state index contributed by atoms with van der Waals surface area (Å²) in [7, 11) is 0. The molecule has 0 bridgehead atoms. The van der Waals surface area contributed by atoms with Crippen LogP contribution in [0, 0.1) is 16.7 Å². The van der Waals surface area contributed by atoms with Gasteiger partial charge in [0.05, 0.1) is 22.9 Å². The normalized spacial score (nSPS) is 34.9. The summed E-state index contributed by atoms with van der Waals surface area (Å²) < 4.78 is 0. The first-order valence-electron chi connectivity index (χ1n) is 5.12. The molecule has 0 aromatic carbocycles. The van der Waals surface area contributed by atoms with E-state index in [1.807, 2.05) is 34.6 Å². The zero-order chi connectivity index (χ0) is 11.5. The van der Waals surface area contributed by atoms with E-state index in [9.17, 15) is 5.26 Å². The van der Waals surface area contributed by atoms with Crippen LogP contribution in [0.2, 0.25) is 0 Å². The maximum atomic E-state index is 9.51. The van der Waals surface area contributed by atoms with Crippen molar-refractivity contribution >= 4 is 11.4 Å². The fourth-order valence-electron chi connectivity index (χ4n) is 2.71. The highest BCUT2D eigenvalue weighted by Gasteiger charge is 2.63. The Morgan fingerprint density at radius 2 is 1.87 bits per heavy atom. The van der Waals surface area contributed by atoms with Gasteiger partial charge in [0, 0.05) is 5.71 Å². The summed E-state index contributed by atoms with van der Waals surface area (Å²) in [6.07, 6.45) is 0. The summed E-state index contributed by atoms with van der Waals surface area (Å²) in [5.41, 5.74) is 3.36. The van der Waals surface area contributed by atoms with E-state index in [0.717, 1.165) is 11.4 Å². The second kappa shape index (κ2) is 2.41. The van der Waals surface area contributed by atoms with Gasteiger partial charge in [0.2, 0.25) is 0 Å². The van der Waals surface area contributed by atoms with Crippen LogP contribution < -0.4 is 5.43 Å². The average molecular weight is 204 g/mol. The molecule has 4 nitrogen and oxygen atoms in total. The van der Waals surface area contributed by atoms with Crippen LogP contribution in [-0.4, -0.2) is 22.5 Å². The highest BCUT2D eigenvalue weighted by Crippen LogP contribution is 2.47. The Kier molecular flexibility index (Phi) is 1.63. The molecule has 0 aliphatic carbocycles. The van der Waals surface area contributed by atoms with E-state index in [1.165, 1.54) is 0 Å². The Balaban J connectivity index is 2.69. The molecule has 2 aliphatic rings. The molecule has 15 heavy (non-hydrogen) atoms. The summed E-state index contributed by atoms with van der Waals surface area (Å²) in [4.78, 5) is 4.57. The molecule has 2 heterocycles. The molecule has 0 aromatic heterocycles. The molecule has 0 aromatic rings. The molecular weight excluding hydrogens is 188 g/mol. The number of aliphatic imine (C=N–C) groups is 1. The van der Waals surface area contributed by atoms with E-state index in [2.05, 4.69) is 21.6 Å². The minimum atomic E-state index is -0.670. The summed E-state index contributed by atoms with van der Waals surface area (Å²) in [5.74, 6) is 0. The summed E-state index contributed by atoms with van der Waals surface area (Å²) in [6.45, 7) is 9.90. The second-order valence-corrected chi connectivity index (χ2v) is 5.32. The molecule has 0 unspecified atom stereocenters. The number of nitrogens with one attached hydrogen (secondary N) is 1. The standard InChI is InChI=1S/C11H16N4/c1-7-11(6-12)8(9(2,3)13-7)14-15-10(11,4)5/h15H,1-5H3/t11-/m0/s1. The highest BCUT2D eigenvalue weighted by atomic mass is 15.4. The lowest BCUT2D eigenvalue weighted by Gasteiger charge is -2.33. The van der Waals surface area contributed by atoms with Crippen LogP contribution in [0.1, 0.15) is 34.6 Å². The summed E-state index contributed by atoms with van der Waals surface area (Å²) in [5, 5.41) is 13.8. The van der Waals surface area contributed by atoms with Gasteiger partial charge in [-0.3, -0.25) is 4.99 Å². The number of hydrogen-bond acceptors (Lipinski definition) is 4. The third-order valence-electron chi connectivity index (χ3n) is 3.48. The largest absolute Gasteiger partial charge is 0.302 e. The van der Waals surface area contributed by atoms with Crippen molar-refractivity contribution in [1.29, 1.82) is 5.26 Å². The lowest BCUT2D eigenvalue weighted by Crippen LogP contribution is -2.53. The number of nitrogens with zero attached hydrogens (tertiary/aromatic N) is 3. The van der Waals surface area contributed by atoms with E-state index in [-0.39, 0.29) is 11.1 Å². The fourth-order valence-corrected chi connectivity index (χ4v) is 2.71. The molecular formula is C11H16N4. The van der Waals surface area contributed by atoms with E-state index < -0.39 is 5.41 Å². The monoisotopic (exact) mass is 204 g/mol. The Morgan fingerprint density at radius 1 is 1.27 bits per heavy atom. The van der Waals surface area contributed by atoms with Crippen molar-refractivity contribution in [2.45, 2.75) is 45.7 Å². The molecule has 80 valence electrons. The van der Waals surface area contributed by atoms with Crippen LogP contribution in [0.4, 0.5) is 0 Å². The van der Waals surface area contributed by atoms with Gasteiger partial charge in [-0.05, 0) is 34.6 Å². The second-order valence-electron chi connectivity index (χ2n) is 5.32. The molecule has 1 atom stereocenters. The van der Waals surface area contributed by atoms with E-state index in [4.69, 9.17) is 0 Å². The van der Waals surface area contributed by atoms with Gasteiger partial charge in [-0.1, -0.05) is 0 Å². The van der Waals surface area contributed by atoms with E-state index >= 15 is 0 Å². The van der Waals surface area contributed by atoms with Crippen LogP contribution >= 0.6 is 0 Å². The molecule has 0 amide bonds. The average Bonchev–Trinajstić information content (AvgIpc) is 2.46. The van der Waals surface area contributed by atoms with Gasteiger partial charge in [-0.25, -0.2) is 0 Å². The zero-order valence-corrected chi connectivity index (χ0v) is 9.84. The smallest absolute Gasteiger partial charge is 0.160 e. The first-order chi connectivity index (χ1) is 6.78. The lowest BCUT2D eigenvalue weighted by molar-refractivity contribution is 0.353. The van der Waals surface area contributed by atoms with Gasteiger partial charge in [0.1, 0.15) is 0 Å². The highest BCUT2D eigenvalue weighted by molar-refractivity contribution is 6.23. The summed E-state index contributed by atoms with van der Waals surface area (Å²) >= 11 is 0. The van der Waals surface area contributed by atoms with Crippen molar-refractivity contribution in [3.05, 3.63) is 0 Å². The van der Waals surface area contributed by atoms with Gasteiger partial charge in [0.15, 0.2) is 5.41 Å². The molecule has 0 spiro atoms. The van der Waals surface area contributed by atoms with Gasteiger partial charge in [-0.2, -0.15) is 10.4 Å². The van der Waals surface area contributed by atoms with Crippen molar-refractivity contribution in [1.82, 2.24) is 5.43 Å². The lowest BCUT2D eigenvalue weighted by atomic mass is 9.66. The Bertz CT molecular complexity index is 422. The number of hydrogen-bond donors (Lipinski definition) is 1. The van der Waals surface area contributed by atoms with Crippen molar-refractivity contribution < 1.29 is 0 Å². The molecule has 0 saturated carbocycles. The van der Waals surface area contributed by atoms with Crippen LogP contribution in [-0.2, 0) is 0 Å². The minimum Gasteiger partial charge on any atom is -0.302 e. The van der Waals surface area contributed by atoms with Crippen LogP contribution in [0.15, 0.2) is 10.1 Å². The Hall–Kier alpha value is -1.37. The SMILES string of the molecule is CC1=NC(C)(C)C2=NNC(C)(C)[C@@]12C#N. The third kappa shape index (κ3) is 0.909. The molecule has 1 N–H and O–H groups in total. The van der Waals surface area contributed by atoms with Gasteiger partial charge >= 0.3 is 0 Å². The molecule has 4 heteroatoms. The fraction of sp³-hybridized carbons (Fsp3) is 0.727.